The first kappa shape index (κ1) is 8.19. The molecule has 0 aromatic rings. The van der Waals surface area contributed by atoms with E-state index in [2.05, 4.69) is 10.7 Å². The van der Waals surface area contributed by atoms with Gasteiger partial charge in [-0.2, -0.15) is 0 Å². The summed E-state index contributed by atoms with van der Waals surface area (Å²) in [6.45, 7) is 0.522. The van der Waals surface area contributed by atoms with Crippen molar-refractivity contribution < 1.29 is 14.7 Å². The number of rotatable bonds is 3. The van der Waals surface area contributed by atoms with Crippen molar-refractivity contribution in [2.24, 2.45) is 5.90 Å². The van der Waals surface area contributed by atoms with Crippen LogP contribution in [0.2, 0.25) is 0 Å². The smallest absolute Gasteiger partial charge is 0.407 e. The standard InChI is InChI=1S/C4H10N2O3/c1-6(4(7)8)2-3-9-5/h2-3,5H2,1H3,(H,7,8). The van der Waals surface area contributed by atoms with Crippen LogP contribution in [0.4, 0.5) is 4.79 Å². The van der Waals surface area contributed by atoms with E-state index in [9.17, 15) is 4.79 Å². The minimum Gasteiger partial charge on any atom is -0.465 e. The van der Waals surface area contributed by atoms with Crippen LogP contribution in [-0.4, -0.2) is 36.3 Å². The highest BCUT2D eigenvalue weighted by Gasteiger charge is 2.02. The molecule has 0 saturated heterocycles. The van der Waals surface area contributed by atoms with Crippen molar-refractivity contribution in [1.29, 1.82) is 0 Å². The van der Waals surface area contributed by atoms with Crippen molar-refractivity contribution in [1.82, 2.24) is 4.90 Å². The first-order chi connectivity index (χ1) is 4.18. The number of likely N-dealkylation sites (N-methyl/N-ethyl adjacent to an activating group) is 1. The van der Waals surface area contributed by atoms with Crippen LogP contribution in [0.15, 0.2) is 0 Å². The molecule has 0 aliphatic carbocycles. The van der Waals surface area contributed by atoms with Crippen molar-refractivity contribution in [2.45, 2.75) is 0 Å². The van der Waals surface area contributed by atoms with E-state index in [-0.39, 0.29) is 6.61 Å². The lowest BCUT2D eigenvalue weighted by Crippen LogP contribution is -2.29. The number of nitrogens with two attached hydrogens (primary N) is 1. The number of carboxylic acid groups (broad SMARTS) is 1. The van der Waals surface area contributed by atoms with Crippen LogP contribution in [-0.2, 0) is 4.84 Å². The van der Waals surface area contributed by atoms with Gasteiger partial charge in [-0.1, -0.05) is 0 Å². The predicted octanol–water partition coefficient (Wildman–Crippen LogP) is -0.514. The van der Waals surface area contributed by atoms with Gasteiger partial charge in [0.05, 0.1) is 6.61 Å². The molecule has 0 aliphatic heterocycles. The molecule has 0 aromatic carbocycles. The van der Waals surface area contributed by atoms with Gasteiger partial charge in [0, 0.05) is 13.6 Å². The van der Waals surface area contributed by atoms with Gasteiger partial charge in [0.15, 0.2) is 0 Å². The maximum atomic E-state index is 10.0. The minimum absolute atomic E-state index is 0.225. The summed E-state index contributed by atoms with van der Waals surface area (Å²) in [4.78, 5) is 15.3. The molecule has 0 radical (unpaired) electrons. The van der Waals surface area contributed by atoms with Gasteiger partial charge in [-0.05, 0) is 0 Å². The van der Waals surface area contributed by atoms with E-state index in [1.165, 1.54) is 7.05 Å². The Kier molecular flexibility index (Phi) is 3.74. The lowest BCUT2D eigenvalue weighted by Gasteiger charge is -2.10. The van der Waals surface area contributed by atoms with Crippen LogP contribution in [0.1, 0.15) is 0 Å². The lowest BCUT2D eigenvalue weighted by atomic mass is 10.6. The van der Waals surface area contributed by atoms with E-state index in [0.29, 0.717) is 6.54 Å². The number of hydrogen-bond donors (Lipinski definition) is 2. The molecule has 0 aromatic heterocycles. The fraction of sp³-hybridized carbons (Fsp3) is 0.750. The molecule has 1 amide bonds. The van der Waals surface area contributed by atoms with E-state index in [1.807, 2.05) is 0 Å². The summed E-state index contributed by atoms with van der Waals surface area (Å²) in [5, 5.41) is 8.24. The predicted molar refractivity (Wildman–Crippen MR) is 30.8 cm³/mol. The third-order valence-electron chi connectivity index (χ3n) is 0.871. The van der Waals surface area contributed by atoms with Gasteiger partial charge in [-0.15, -0.1) is 0 Å². The van der Waals surface area contributed by atoms with E-state index in [1.54, 1.807) is 0 Å². The van der Waals surface area contributed by atoms with Crippen LogP contribution >= 0.6 is 0 Å². The Labute approximate surface area is 53.0 Å². The van der Waals surface area contributed by atoms with Gasteiger partial charge in [-0.3, -0.25) is 0 Å². The Hall–Kier alpha value is -0.810. The molecular formula is C4H10N2O3. The van der Waals surface area contributed by atoms with E-state index >= 15 is 0 Å². The van der Waals surface area contributed by atoms with Crippen molar-refractivity contribution in [2.75, 3.05) is 20.2 Å². The fourth-order valence-corrected chi connectivity index (χ4v) is 0.285. The molecule has 0 unspecified atom stereocenters. The highest BCUT2D eigenvalue weighted by molar-refractivity contribution is 5.64. The Morgan fingerprint density at radius 3 is 2.78 bits per heavy atom. The van der Waals surface area contributed by atoms with Gasteiger partial charge < -0.3 is 14.8 Å². The van der Waals surface area contributed by atoms with Gasteiger partial charge >= 0.3 is 6.09 Å². The van der Waals surface area contributed by atoms with Crippen LogP contribution in [0, 0.1) is 0 Å². The molecule has 0 rings (SSSR count). The number of carbonyl (C=O) groups is 1. The molecule has 0 saturated carbocycles. The fourth-order valence-electron chi connectivity index (χ4n) is 0.285. The maximum Gasteiger partial charge on any atom is 0.407 e. The van der Waals surface area contributed by atoms with Crippen LogP contribution in [0.5, 0.6) is 0 Å². The van der Waals surface area contributed by atoms with Crippen molar-refractivity contribution in [3.8, 4) is 0 Å². The molecular weight excluding hydrogens is 124 g/mol. The second-order valence-corrected chi connectivity index (χ2v) is 1.57. The summed E-state index contributed by atoms with van der Waals surface area (Å²) in [7, 11) is 1.45. The second kappa shape index (κ2) is 4.11. The number of hydrogen-bond acceptors (Lipinski definition) is 3. The zero-order chi connectivity index (χ0) is 7.28. The van der Waals surface area contributed by atoms with E-state index in [4.69, 9.17) is 5.11 Å². The summed E-state index contributed by atoms with van der Waals surface area (Å²) in [5.41, 5.74) is 0. The van der Waals surface area contributed by atoms with E-state index in [0.717, 1.165) is 4.90 Å². The Morgan fingerprint density at radius 1 is 1.89 bits per heavy atom. The Morgan fingerprint density at radius 2 is 2.44 bits per heavy atom. The van der Waals surface area contributed by atoms with Crippen LogP contribution in [0.3, 0.4) is 0 Å². The average molecular weight is 134 g/mol. The molecule has 5 nitrogen and oxygen atoms in total. The summed E-state index contributed by atoms with van der Waals surface area (Å²) in [5.74, 6) is 4.66. The van der Waals surface area contributed by atoms with Crippen LogP contribution in [0.25, 0.3) is 0 Å². The molecule has 54 valence electrons. The lowest BCUT2D eigenvalue weighted by molar-refractivity contribution is 0.104. The molecule has 9 heavy (non-hydrogen) atoms. The highest BCUT2D eigenvalue weighted by atomic mass is 16.6. The van der Waals surface area contributed by atoms with Gasteiger partial charge in [0.25, 0.3) is 0 Å². The average Bonchev–Trinajstić information content (AvgIpc) is 1.82. The van der Waals surface area contributed by atoms with Crippen LogP contribution < -0.4 is 5.90 Å². The zero-order valence-electron chi connectivity index (χ0n) is 5.20. The van der Waals surface area contributed by atoms with Crippen molar-refractivity contribution >= 4 is 6.09 Å². The largest absolute Gasteiger partial charge is 0.465 e. The molecule has 0 atom stereocenters. The minimum atomic E-state index is -0.980. The quantitative estimate of drug-likeness (QED) is 0.509. The molecule has 5 heteroatoms. The zero-order valence-corrected chi connectivity index (χ0v) is 5.20. The molecule has 0 heterocycles. The SMILES string of the molecule is CN(CCON)C(=O)O. The van der Waals surface area contributed by atoms with Gasteiger partial charge in [0.1, 0.15) is 0 Å². The second-order valence-electron chi connectivity index (χ2n) is 1.57. The molecule has 3 N–H and O–H groups in total. The highest BCUT2D eigenvalue weighted by Crippen LogP contribution is 1.80. The van der Waals surface area contributed by atoms with E-state index < -0.39 is 6.09 Å². The molecule has 0 aliphatic rings. The number of nitrogens with zero attached hydrogens (tertiary/aromatic N) is 1. The molecule has 0 spiro atoms. The number of amides is 1. The van der Waals surface area contributed by atoms with Crippen molar-refractivity contribution in [3.05, 3.63) is 0 Å². The topological polar surface area (TPSA) is 75.8 Å². The first-order valence-corrected chi connectivity index (χ1v) is 2.44. The monoisotopic (exact) mass is 134 g/mol. The first-order valence-electron chi connectivity index (χ1n) is 2.44. The van der Waals surface area contributed by atoms with Crippen molar-refractivity contribution in [3.63, 3.8) is 0 Å². The third-order valence-corrected chi connectivity index (χ3v) is 0.871. The maximum absolute atomic E-state index is 10.0. The van der Waals surface area contributed by atoms with Gasteiger partial charge in [0.2, 0.25) is 0 Å². The Bertz CT molecular complexity index is 95.8. The normalized spacial score (nSPS) is 9.11. The summed E-state index contributed by atoms with van der Waals surface area (Å²) in [6, 6.07) is 0. The third kappa shape index (κ3) is 3.75. The molecule has 0 bridgehead atoms. The molecule has 0 fully saturated rings. The summed E-state index contributed by atoms with van der Waals surface area (Å²) >= 11 is 0. The summed E-state index contributed by atoms with van der Waals surface area (Å²) < 4.78 is 0. The van der Waals surface area contributed by atoms with Gasteiger partial charge in [-0.25, -0.2) is 10.7 Å². The Balaban J connectivity index is 3.27. The summed E-state index contributed by atoms with van der Waals surface area (Å²) in [6.07, 6.45) is -0.980.